The Bertz CT molecular complexity index is 1340. The smallest absolute Gasteiger partial charge is 0.549 e. The minimum absolute atomic E-state index is 0. The maximum atomic E-state index is 12.2. The maximum Gasteiger partial charge on any atom is 2.00 e. The molecule has 2 aliphatic rings. The van der Waals surface area contributed by atoms with Gasteiger partial charge in [0.15, 0.2) is 0 Å². The largest absolute Gasteiger partial charge is 2.00 e. The molecule has 37 heavy (non-hydrogen) atoms. The van der Waals surface area contributed by atoms with E-state index in [9.17, 15) is 29.4 Å². The van der Waals surface area contributed by atoms with E-state index in [1.165, 1.54) is 22.7 Å². The van der Waals surface area contributed by atoms with Gasteiger partial charge in [0, 0.05) is 36.3 Å². The van der Waals surface area contributed by atoms with Gasteiger partial charge in [-0.05, 0) is 60.0 Å². The first kappa shape index (κ1) is 26.8. The second kappa shape index (κ2) is 11.0. The average Bonchev–Trinajstić information content (AvgIpc) is 3.69. The minimum atomic E-state index is -1.07. The first-order valence-electron chi connectivity index (χ1n) is 11.3. The fourth-order valence-electron chi connectivity index (χ4n) is 4.83. The SMILES string of the molecule is O=C(c1cccs1)c1ccc2n1CCC2C(=O)[O-].O=C(c1cccs1)c1ccc2n1CCC2C(=O)[O-].[Cu+2]. The van der Waals surface area contributed by atoms with Crippen molar-refractivity contribution in [3.05, 3.63) is 91.8 Å². The number of hydrogen-bond acceptors (Lipinski definition) is 8. The van der Waals surface area contributed by atoms with Gasteiger partial charge in [-0.25, -0.2) is 0 Å². The molecule has 6 heterocycles. The molecule has 0 N–H and O–H groups in total. The van der Waals surface area contributed by atoms with E-state index < -0.39 is 23.8 Å². The topological polar surface area (TPSA) is 124 Å². The number of hydrogen-bond donors (Lipinski definition) is 0. The van der Waals surface area contributed by atoms with E-state index in [1.807, 2.05) is 22.9 Å². The van der Waals surface area contributed by atoms with Gasteiger partial charge in [-0.3, -0.25) is 9.59 Å². The van der Waals surface area contributed by atoms with Gasteiger partial charge in [-0.15, -0.1) is 22.7 Å². The molecule has 2 aliphatic heterocycles. The van der Waals surface area contributed by atoms with E-state index >= 15 is 0 Å². The first-order chi connectivity index (χ1) is 17.4. The monoisotopic (exact) mass is 583 g/mol. The molecule has 0 amide bonds. The molecule has 0 bridgehead atoms. The molecular weight excluding hydrogens is 564 g/mol. The Labute approximate surface area is 230 Å². The van der Waals surface area contributed by atoms with E-state index in [2.05, 4.69) is 0 Å². The number of carboxylic acids is 2. The molecule has 4 aromatic rings. The zero-order valence-electron chi connectivity index (χ0n) is 19.2. The van der Waals surface area contributed by atoms with Crippen LogP contribution in [0.4, 0.5) is 0 Å². The Balaban J connectivity index is 0.000000168. The normalized spacial score (nSPS) is 17.2. The van der Waals surface area contributed by atoms with Crippen LogP contribution in [0.5, 0.6) is 0 Å². The van der Waals surface area contributed by atoms with Gasteiger partial charge in [-0.2, -0.15) is 0 Å². The minimum Gasteiger partial charge on any atom is -0.549 e. The average molecular weight is 584 g/mol. The van der Waals surface area contributed by atoms with Crippen LogP contribution < -0.4 is 10.2 Å². The molecule has 0 saturated carbocycles. The summed E-state index contributed by atoms with van der Waals surface area (Å²) in [5.41, 5.74) is 2.48. The van der Waals surface area contributed by atoms with E-state index in [1.54, 1.807) is 45.5 Å². The molecule has 4 aromatic heterocycles. The number of carboxylic acid groups (broad SMARTS) is 2. The summed E-state index contributed by atoms with van der Waals surface area (Å²) in [6, 6.07) is 14.0. The number of thiophene rings is 2. The third-order valence-corrected chi connectivity index (χ3v) is 8.29. The number of rotatable bonds is 6. The van der Waals surface area contributed by atoms with Crippen molar-refractivity contribution in [3.8, 4) is 0 Å². The molecular formula is C26H20CuN2O6S2. The van der Waals surface area contributed by atoms with Crippen LogP contribution >= 0.6 is 22.7 Å². The van der Waals surface area contributed by atoms with Crippen LogP contribution in [-0.2, 0) is 39.7 Å². The van der Waals surface area contributed by atoms with Crippen LogP contribution in [0, 0.1) is 0 Å². The van der Waals surface area contributed by atoms with Gasteiger partial charge in [0.1, 0.15) is 0 Å². The molecule has 0 saturated heterocycles. The summed E-state index contributed by atoms with van der Waals surface area (Å²) in [5, 5.41) is 25.6. The summed E-state index contributed by atoms with van der Waals surface area (Å²) in [5.74, 6) is -3.40. The van der Waals surface area contributed by atoms with Crippen LogP contribution in [-0.4, -0.2) is 32.6 Å². The second-order valence-corrected chi connectivity index (χ2v) is 10.4. The Morgan fingerprint density at radius 3 is 1.41 bits per heavy atom. The second-order valence-electron chi connectivity index (χ2n) is 8.52. The number of aliphatic carboxylic acids is 2. The number of ketones is 2. The summed E-state index contributed by atoms with van der Waals surface area (Å²) in [6.45, 7) is 1.13. The molecule has 11 heteroatoms. The van der Waals surface area contributed by atoms with Crippen molar-refractivity contribution in [1.29, 1.82) is 0 Å². The van der Waals surface area contributed by atoms with Crippen LogP contribution in [0.25, 0.3) is 0 Å². The predicted octanol–water partition coefficient (Wildman–Crippen LogP) is 2.03. The fourth-order valence-corrected chi connectivity index (χ4v) is 6.17. The fraction of sp³-hybridized carbons (Fsp3) is 0.231. The van der Waals surface area contributed by atoms with E-state index in [4.69, 9.17) is 0 Å². The number of carbonyl (C=O) groups is 4. The molecule has 0 spiro atoms. The summed E-state index contributed by atoms with van der Waals surface area (Å²) in [4.78, 5) is 47.7. The molecule has 0 aliphatic carbocycles. The molecule has 193 valence electrons. The van der Waals surface area contributed by atoms with Crippen molar-refractivity contribution in [2.24, 2.45) is 0 Å². The molecule has 0 aromatic carbocycles. The third kappa shape index (κ3) is 5.00. The van der Waals surface area contributed by atoms with Crippen LogP contribution in [0.3, 0.4) is 0 Å². The zero-order valence-corrected chi connectivity index (χ0v) is 21.8. The standard InChI is InChI=1S/2C13H11NO3S.Cu/c2*15-12(11-2-1-7-18-11)10-4-3-9-8(13(16)17)5-6-14(9)10;/h2*1-4,7-8H,5-6H2,(H,16,17);/q;;+2/p-2. The van der Waals surface area contributed by atoms with Gasteiger partial charge in [0.2, 0.25) is 11.6 Å². The van der Waals surface area contributed by atoms with Crippen LogP contribution in [0.2, 0.25) is 0 Å². The maximum absolute atomic E-state index is 12.2. The van der Waals surface area contributed by atoms with Gasteiger partial charge in [-0.1, -0.05) is 12.1 Å². The van der Waals surface area contributed by atoms with Gasteiger partial charge in [0.05, 0.1) is 33.1 Å². The Hall–Kier alpha value is -3.24. The molecule has 2 atom stereocenters. The predicted molar refractivity (Wildman–Crippen MR) is 129 cm³/mol. The van der Waals surface area contributed by atoms with Crippen molar-refractivity contribution >= 4 is 46.2 Å². The number of fused-ring (bicyclic) bond motifs is 2. The van der Waals surface area contributed by atoms with Gasteiger partial charge >= 0.3 is 17.1 Å². The molecule has 8 nitrogen and oxygen atoms in total. The van der Waals surface area contributed by atoms with Crippen molar-refractivity contribution < 1.29 is 46.5 Å². The molecule has 2 unspecified atom stereocenters. The Morgan fingerprint density at radius 1 is 0.676 bits per heavy atom. The zero-order chi connectivity index (χ0) is 25.4. The van der Waals surface area contributed by atoms with E-state index in [0.29, 0.717) is 58.5 Å². The molecule has 6 rings (SSSR count). The summed E-state index contributed by atoms with van der Waals surface area (Å²) < 4.78 is 3.59. The molecule has 0 fully saturated rings. The quantitative estimate of drug-likeness (QED) is 0.253. The van der Waals surface area contributed by atoms with Gasteiger partial charge < -0.3 is 28.9 Å². The number of carbonyl (C=O) groups excluding carboxylic acids is 4. The number of aromatic nitrogens is 2. The Morgan fingerprint density at radius 2 is 1.08 bits per heavy atom. The summed E-state index contributed by atoms with van der Waals surface area (Å²) in [6.07, 6.45) is 1.01. The van der Waals surface area contributed by atoms with Crippen LogP contribution in [0.1, 0.15) is 66.8 Å². The summed E-state index contributed by atoms with van der Waals surface area (Å²) >= 11 is 2.78. The van der Waals surface area contributed by atoms with E-state index in [-0.39, 0.29) is 28.6 Å². The van der Waals surface area contributed by atoms with Crippen LogP contribution in [0.15, 0.2) is 59.3 Å². The van der Waals surface area contributed by atoms with Crippen molar-refractivity contribution in [2.45, 2.75) is 37.8 Å². The van der Waals surface area contributed by atoms with Gasteiger partial charge in [0.25, 0.3) is 0 Å². The van der Waals surface area contributed by atoms with Crippen molar-refractivity contribution in [1.82, 2.24) is 9.13 Å². The van der Waals surface area contributed by atoms with Crippen molar-refractivity contribution in [3.63, 3.8) is 0 Å². The van der Waals surface area contributed by atoms with Crippen molar-refractivity contribution in [2.75, 3.05) is 0 Å². The Kier molecular flexibility index (Phi) is 7.99. The molecule has 1 radical (unpaired) electrons. The van der Waals surface area contributed by atoms with E-state index in [0.717, 1.165) is 0 Å². The first-order valence-corrected chi connectivity index (χ1v) is 13.1. The number of nitrogens with zero attached hydrogens (tertiary/aromatic N) is 2. The summed E-state index contributed by atoms with van der Waals surface area (Å²) in [7, 11) is 0. The third-order valence-electron chi connectivity index (χ3n) is 6.55.